The molecule has 1 saturated heterocycles. The van der Waals surface area contributed by atoms with Crippen LogP contribution in [0.5, 0.6) is 0 Å². The standard InChI is InChI=1S/C11H9Cl2N3O3/c1-5-10(18)15-8(17)4-16(5)11(19)9-6(12)2-3-7(13)14-9/h2-3,5H,4H2,1H3,(H,15,17,18). The van der Waals surface area contributed by atoms with Gasteiger partial charge in [0.15, 0.2) is 0 Å². The molecule has 1 aliphatic rings. The predicted molar refractivity (Wildman–Crippen MR) is 67.9 cm³/mol. The average Bonchev–Trinajstić information content (AvgIpc) is 2.36. The van der Waals surface area contributed by atoms with E-state index in [1.54, 1.807) is 0 Å². The second-order valence-electron chi connectivity index (χ2n) is 3.99. The maximum absolute atomic E-state index is 12.3. The van der Waals surface area contributed by atoms with Crippen molar-refractivity contribution in [3.8, 4) is 0 Å². The van der Waals surface area contributed by atoms with Crippen LogP contribution in [0, 0.1) is 0 Å². The zero-order chi connectivity index (χ0) is 14.2. The highest BCUT2D eigenvalue weighted by molar-refractivity contribution is 6.34. The molecule has 0 spiro atoms. The van der Waals surface area contributed by atoms with E-state index in [1.807, 2.05) is 0 Å². The van der Waals surface area contributed by atoms with Crippen LogP contribution < -0.4 is 5.32 Å². The van der Waals surface area contributed by atoms with E-state index in [-0.39, 0.29) is 22.4 Å². The number of halogens is 2. The van der Waals surface area contributed by atoms with E-state index >= 15 is 0 Å². The quantitative estimate of drug-likeness (QED) is 0.617. The third-order valence-corrected chi connectivity index (χ3v) is 3.21. The number of amides is 3. The number of aromatic nitrogens is 1. The number of hydrogen-bond donors (Lipinski definition) is 1. The molecule has 0 aromatic carbocycles. The summed E-state index contributed by atoms with van der Waals surface area (Å²) in [6.07, 6.45) is 0. The van der Waals surface area contributed by atoms with Crippen LogP contribution in [-0.2, 0) is 9.59 Å². The highest BCUT2D eigenvalue weighted by atomic mass is 35.5. The summed E-state index contributed by atoms with van der Waals surface area (Å²) in [6, 6.07) is 2.10. The third-order valence-electron chi connectivity index (χ3n) is 2.70. The first-order chi connectivity index (χ1) is 8.90. The summed E-state index contributed by atoms with van der Waals surface area (Å²) < 4.78 is 0. The van der Waals surface area contributed by atoms with Gasteiger partial charge in [0.1, 0.15) is 23.4 Å². The molecule has 1 atom stereocenters. The summed E-state index contributed by atoms with van der Waals surface area (Å²) in [5.41, 5.74) is -0.0801. The van der Waals surface area contributed by atoms with Crippen LogP contribution in [0.2, 0.25) is 10.2 Å². The molecule has 2 rings (SSSR count). The fourth-order valence-electron chi connectivity index (χ4n) is 1.67. The second kappa shape index (κ2) is 5.14. The molecule has 1 aliphatic heterocycles. The van der Waals surface area contributed by atoms with Crippen molar-refractivity contribution in [1.29, 1.82) is 0 Å². The molecule has 2 heterocycles. The number of nitrogens with one attached hydrogen (secondary N) is 1. The molecule has 1 aromatic heterocycles. The van der Waals surface area contributed by atoms with Gasteiger partial charge >= 0.3 is 0 Å². The molecule has 0 bridgehead atoms. The molecule has 6 nitrogen and oxygen atoms in total. The van der Waals surface area contributed by atoms with Gasteiger partial charge in [0, 0.05) is 0 Å². The zero-order valence-corrected chi connectivity index (χ0v) is 11.3. The molecule has 1 aromatic rings. The Bertz CT molecular complexity index is 576. The van der Waals surface area contributed by atoms with E-state index in [9.17, 15) is 14.4 Å². The molecular formula is C11H9Cl2N3O3. The van der Waals surface area contributed by atoms with Crippen molar-refractivity contribution in [2.75, 3.05) is 6.54 Å². The Morgan fingerprint density at radius 2 is 2.11 bits per heavy atom. The summed E-state index contributed by atoms with van der Waals surface area (Å²) in [5.74, 6) is -1.69. The molecule has 3 amide bonds. The first-order valence-corrected chi connectivity index (χ1v) is 6.12. The van der Waals surface area contributed by atoms with Crippen LogP contribution in [0.3, 0.4) is 0 Å². The van der Waals surface area contributed by atoms with Crippen LogP contribution in [0.4, 0.5) is 0 Å². The molecule has 100 valence electrons. The predicted octanol–water partition coefficient (Wildman–Crippen LogP) is 0.875. The van der Waals surface area contributed by atoms with E-state index in [2.05, 4.69) is 10.3 Å². The van der Waals surface area contributed by atoms with Gasteiger partial charge in [-0.3, -0.25) is 19.7 Å². The van der Waals surface area contributed by atoms with E-state index in [1.165, 1.54) is 19.1 Å². The Hall–Kier alpha value is -1.66. The van der Waals surface area contributed by atoms with Crippen molar-refractivity contribution in [2.24, 2.45) is 0 Å². The van der Waals surface area contributed by atoms with Gasteiger partial charge in [-0.15, -0.1) is 0 Å². The van der Waals surface area contributed by atoms with E-state index < -0.39 is 23.8 Å². The van der Waals surface area contributed by atoms with Gasteiger partial charge in [0.2, 0.25) is 11.8 Å². The third kappa shape index (κ3) is 2.69. The molecule has 1 unspecified atom stereocenters. The van der Waals surface area contributed by atoms with Crippen molar-refractivity contribution >= 4 is 40.9 Å². The lowest BCUT2D eigenvalue weighted by atomic mass is 10.1. The van der Waals surface area contributed by atoms with Crippen LogP contribution in [0.25, 0.3) is 0 Å². The van der Waals surface area contributed by atoms with E-state index in [0.717, 1.165) is 4.90 Å². The Kier molecular flexibility index (Phi) is 3.73. The lowest BCUT2D eigenvalue weighted by molar-refractivity contribution is -0.138. The minimum Gasteiger partial charge on any atom is -0.316 e. The monoisotopic (exact) mass is 301 g/mol. The van der Waals surface area contributed by atoms with Gasteiger partial charge in [0.25, 0.3) is 5.91 Å². The van der Waals surface area contributed by atoms with Gasteiger partial charge in [-0.1, -0.05) is 23.2 Å². The SMILES string of the molecule is CC1C(=O)NC(=O)CN1C(=O)c1nc(Cl)ccc1Cl. The van der Waals surface area contributed by atoms with Crippen molar-refractivity contribution in [3.63, 3.8) is 0 Å². The highest BCUT2D eigenvalue weighted by Crippen LogP contribution is 2.20. The minimum absolute atomic E-state index is 0.0801. The molecule has 0 saturated carbocycles. The zero-order valence-electron chi connectivity index (χ0n) is 9.81. The molecule has 19 heavy (non-hydrogen) atoms. The molecule has 0 aliphatic carbocycles. The summed E-state index contributed by atoms with van der Waals surface area (Å²) in [7, 11) is 0. The van der Waals surface area contributed by atoms with Gasteiger partial charge < -0.3 is 4.90 Å². The van der Waals surface area contributed by atoms with Crippen LogP contribution in [0.15, 0.2) is 12.1 Å². The van der Waals surface area contributed by atoms with Crippen LogP contribution in [-0.4, -0.2) is 40.2 Å². The summed E-state index contributed by atoms with van der Waals surface area (Å²) in [6.45, 7) is 1.29. The molecule has 1 N–H and O–H groups in total. The summed E-state index contributed by atoms with van der Waals surface area (Å²) >= 11 is 11.6. The fourth-order valence-corrected chi connectivity index (χ4v) is 2.00. The van der Waals surface area contributed by atoms with Gasteiger partial charge in [-0.05, 0) is 19.1 Å². The number of carbonyl (C=O) groups is 3. The van der Waals surface area contributed by atoms with E-state index in [0.29, 0.717) is 0 Å². The normalized spacial score (nSPS) is 19.3. The van der Waals surface area contributed by atoms with E-state index in [4.69, 9.17) is 23.2 Å². The number of imide groups is 1. The van der Waals surface area contributed by atoms with Crippen LogP contribution >= 0.6 is 23.2 Å². The lowest BCUT2D eigenvalue weighted by Gasteiger charge is -2.31. The topological polar surface area (TPSA) is 79.4 Å². The Balaban J connectivity index is 2.35. The fraction of sp³-hybridized carbons (Fsp3) is 0.273. The smallest absolute Gasteiger partial charge is 0.275 e. The Morgan fingerprint density at radius 1 is 1.42 bits per heavy atom. The second-order valence-corrected chi connectivity index (χ2v) is 4.78. The summed E-state index contributed by atoms with van der Waals surface area (Å²) in [5, 5.41) is 2.36. The van der Waals surface area contributed by atoms with Crippen molar-refractivity contribution in [2.45, 2.75) is 13.0 Å². The number of piperazine rings is 1. The molecule has 8 heteroatoms. The Morgan fingerprint density at radius 3 is 2.79 bits per heavy atom. The minimum atomic E-state index is -0.776. The van der Waals surface area contributed by atoms with Crippen LogP contribution in [0.1, 0.15) is 17.4 Å². The maximum Gasteiger partial charge on any atom is 0.275 e. The Labute approximate surface area is 118 Å². The maximum atomic E-state index is 12.3. The average molecular weight is 302 g/mol. The first-order valence-electron chi connectivity index (χ1n) is 5.37. The number of rotatable bonds is 1. The number of pyridine rings is 1. The number of hydrogen-bond acceptors (Lipinski definition) is 4. The van der Waals surface area contributed by atoms with Gasteiger partial charge in [0.05, 0.1) is 5.02 Å². The molecular weight excluding hydrogens is 293 g/mol. The number of carbonyl (C=O) groups excluding carboxylic acids is 3. The lowest BCUT2D eigenvalue weighted by Crippen LogP contribution is -2.58. The first kappa shape index (κ1) is 13.8. The molecule has 0 radical (unpaired) electrons. The molecule has 1 fully saturated rings. The summed E-state index contributed by atoms with van der Waals surface area (Å²) in [4.78, 5) is 40.0. The highest BCUT2D eigenvalue weighted by Gasteiger charge is 2.35. The van der Waals surface area contributed by atoms with Crippen molar-refractivity contribution < 1.29 is 14.4 Å². The van der Waals surface area contributed by atoms with Gasteiger partial charge in [-0.2, -0.15) is 0 Å². The van der Waals surface area contributed by atoms with Gasteiger partial charge in [-0.25, -0.2) is 4.98 Å². The van der Waals surface area contributed by atoms with Crippen molar-refractivity contribution in [3.05, 3.63) is 28.0 Å². The largest absolute Gasteiger partial charge is 0.316 e. The number of nitrogens with zero attached hydrogens (tertiary/aromatic N) is 2. The van der Waals surface area contributed by atoms with Crippen molar-refractivity contribution in [1.82, 2.24) is 15.2 Å².